The van der Waals surface area contributed by atoms with Crippen LogP contribution in [-0.2, 0) is 0 Å². The molecule has 1 unspecified atom stereocenters. The van der Waals surface area contributed by atoms with Crippen molar-refractivity contribution in [1.82, 2.24) is 0 Å². The molecule has 116 valence electrons. The summed E-state index contributed by atoms with van der Waals surface area (Å²) < 4.78 is 1.04. The number of quaternary nitrogens is 1. The van der Waals surface area contributed by atoms with Gasteiger partial charge >= 0.3 is 0 Å². The summed E-state index contributed by atoms with van der Waals surface area (Å²) in [6, 6.07) is 0. The van der Waals surface area contributed by atoms with E-state index in [-0.39, 0.29) is 0 Å². The summed E-state index contributed by atoms with van der Waals surface area (Å²) in [5.74, 6) is 0. The summed E-state index contributed by atoms with van der Waals surface area (Å²) in [5.41, 5.74) is 0. The minimum Gasteiger partial charge on any atom is -0.391 e. The summed E-state index contributed by atoms with van der Waals surface area (Å²) in [6.07, 6.45) is 14.0. The van der Waals surface area contributed by atoms with Gasteiger partial charge in [0.05, 0.1) is 26.7 Å². The van der Waals surface area contributed by atoms with Gasteiger partial charge in [-0.2, -0.15) is 0 Å². The molecular formula is C17H38NO+. The van der Waals surface area contributed by atoms with Crippen LogP contribution in [0.15, 0.2) is 0 Å². The number of hydrogen-bond donors (Lipinski definition) is 1. The Kier molecular flexibility index (Phi) is 12.9. The zero-order chi connectivity index (χ0) is 14.4. The van der Waals surface area contributed by atoms with Gasteiger partial charge in [0.2, 0.25) is 0 Å². The van der Waals surface area contributed by atoms with Gasteiger partial charge in [0.15, 0.2) is 0 Å². The van der Waals surface area contributed by atoms with Gasteiger partial charge in [-0.05, 0) is 19.8 Å². The van der Waals surface area contributed by atoms with E-state index in [0.29, 0.717) is 6.61 Å². The van der Waals surface area contributed by atoms with Crippen LogP contribution in [-0.4, -0.2) is 42.9 Å². The molecule has 0 saturated carbocycles. The molecule has 1 atom stereocenters. The molecule has 0 bridgehead atoms. The zero-order valence-corrected chi connectivity index (χ0v) is 13.8. The zero-order valence-electron chi connectivity index (χ0n) is 13.8. The molecule has 0 rings (SSSR count). The topological polar surface area (TPSA) is 20.2 Å². The molecule has 0 aliphatic rings. The summed E-state index contributed by atoms with van der Waals surface area (Å²) in [7, 11) is 2.27. The Labute approximate surface area is 121 Å². The van der Waals surface area contributed by atoms with E-state index in [9.17, 15) is 0 Å². The first-order valence-electron chi connectivity index (χ1n) is 8.63. The molecule has 0 aromatic heterocycles. The number of aliphatic hydroxyl groups is 1. The van der Waals surface area contributed by atoms with Crippen LogP contribution in [0.1, 0.15) is 78.1 Å². The summed E-state index contributed by atoms with van der Waals surface area (Å²) in [6.45, 7) is 8.10. The molecule has 2 nitrogen and oxygen atoms in total. The summed E-state index contributed by atoms with van der Waals surface area (Å²) in [5, 5.41) is 9.08. The van der Waals surface area contributed by atoms with Crippen LogP contribution in [0.25, 0.3) is 0 Å². The molecule has 0 aromatic rings. The number of rotatable bonds is 14. The largest absolute Gasteiger partial charge is 0.391 e. The third-order valence-electron chi connectivity index (χ3n) is 4.45. The highest BCUT2D eigenvalue weighted by atomic mass is 16.3. The molecular weight excluding hydrogens is 234 g/mol. The second kappa shape index (κ2) is 12.9. The van der Waals surface area contributed by atoms with Crippen LogP contribution >= 0.6 is 0 Å². The van der Waals surface area contributed by atoms with Gasteiger partial charge in [0.25, 0.3) is 0 Å². The molecule has 0 radical (unpaired) electrons. The van der Waals surface area contributed by atoms with Gasteiger partial charge in [0.1, 0.15) is 6.54 Å². The van der Waals surface area contributed by atoms with Crippen molar-refractivity contribution in [3.63, 3.8) is 0 Å². The Morgan fingerprint density at radius 2 is 1.16 bits per heavy atom. The number of unbranched alkanes of at least 4 members (excludes halogenated alkanes) is 9. The minimum absolute atomic E-state index is 0.322. The van der Waals surface area contributed by atoms with Crippen molar-refractivity contribution >= 4 is 0 Å². The van der Waals surface area contributed by atoms with E-state index in [0.717, 1.165) is 17.6 Å². The van der Waals surface area contributed by atoms with Gasteiger partial charge in [-0.1, -0.05) is 58.3 Å². The molecule has 0 fully saturated rings. The molecule has 0 aliphatic heterocycles. The van der Waals surface area contributed by atoms with Crippen molar-refractivity contribution in [1.29, 1.82) is 0 Å². The van der Waals surface area contributed by atoms with Gasteiger partial charge in [-0.3, -0.25) is 0 Å². The van der Waals surface area contributed by atoms with Crippen LogP contribution in [0.4, 0.5) is 0 Å². The highest BCUT2D eigenvalue weighted by Crippen LogP contribution is 2.12. The average molecular weight is 272 g/mol. The van der Waals surface area contributed by atoms with Crippen LogP contribution in [0, 0.1) is 0 Å². The fraction of sp³-hybridized carbons (Fsp3) is 1.00. The third-order valence-corrected chi connectivity index (χ3v) is 4.45. The molecule has 0 heterocycles. The standard InChI is InChI=1S/C17H38NO/c1-4-6-7-8-9-10-11-12-13-14-15-18(3,5-2)16-17-19/h19H,4-17H2,1-3H3/q+1. The van der Waals surface area contributed by atoms with Crippen LogP contribution < -0.4 is 0 Å². The van der Waals surface area contributed by atoms with Crippen molar-refractivity contribution in [2.75, 3.05) is 33.3 Å². The first kappa shape index (κ1) is 18.9. The molecule has 0 saturated heterocycles. The van der Waals surface area contributed by atoms with E-state index in [1.54, 1.807) is 0 Å². The van der Waals surface area contributed by atoms with Crippen LogP contribution in [0.2, 0.25) is 0 Å². The van der Waals surface area contributed by atoms with E-state index in [4.69, 9.17) is 5.11 Å². The predicted molar refractivity (Wildman–Crippen MR) is 85.4 cm³/mol. The van der Waals surface area contributed by atoms with Gasteiger partial charge in [-0.15, -0.1) is 0 Å². The number of likely N-dealkylation sites (N-methyl/N-ethyl adjacent to an activating group) is 1. The average Bonchev–Trinajstić information content (AvgIpc) is 2.41. The second-order valence-electron chi connectivity index (χ2n) is 6.29. The maximum Gasteiger partial charge on any atom is 0.102 e. The Hall–Kier alpha value is -0.0800. The third kappa shape index (κ3) is 11.4. The van der Waals surface area contributed by atoms with Crippen molar-refractivity contribution in [2.24, 2.45) is 0 Å². The Morgan fingerprint density at radius 1 is 0.684 bits per heavy atom. The molecule has 0 aromatic carbocycles. The Bertz CT molecular complexity index is 184. The van der Waals surface area contributed by atoms with E-state index >= 15 is 0 Å². The highest BCUT2D eigenvalue weighted by Gasteiger charge is 2.16. The smallest absolute Gasteiger partial charge is 0.102 e. The van der Waals surface area contributed by atoms with Gasteiger partial charge in [0, 0.05) is 0 Å². The molecule has 2 heteroatoms. The van der Waals surface area contributed by atoms with Crippen molar-refractivity contribution in [3.8, 4) is 0 Å². The van der Waals surface area contributed by atoms with E-state index < -0.39 is 0 Å². The molecule has 0 aliphatic carbocycles. The number of hydrogen-bond acceptors (Lipinski definition) is 1. The van der Waals surface area contributed by atoms with Gasteiger partial charge < -0.3 is 9.59 Å². The van der Waals surface area contributed by atoms with Crippen LogP contribution in [0.3, 0.4) is 0 Å². The molecule has 0 spiro atoms. The Morgan fingerprint density at radius 3 is 1.58 bits per heavy atom. The van der Waals surface area contributed by atoms with Crippen molar-refractivity contribution in [2.45, 2.75) is 78.1 Å². The Balaban J connectivity index is 3.30. The van der Waals surface area contributed by atoms with Gasteiger partial charge in [-0.25, -0.2) is 0 Å². The lowest BCUT2D eigenvalue weighted by Gasteiger charge is -2.32. The number of nitrogens with zero attached hydrogens (tertiary/aromatic N) is 1. The molecule has 19 heavy (non-hydrogen) atoms. The quantitative estimate of drug-likeness (QED) is 0.368. The SMILES string of the molecule is CCCCCCCCCCCC[N+](C)(CC)CCO. The highest BCUT2D eigenvalue weighted by molar-refractivity contribution is 4.48. The number of aliphatic hydroxyl groups excluding tert-OH is 1. The molecule has 0 amide bonds. The first-order valence-corrected chi connectivity index (χ1v) is 8.63. The fourth-order valence-corrected chi connectivity index (χ4v) is 2.65. The maximum atomic E-state index is 9.08. The monoisotopic (exact) mass is 272 g/mol. The first-order chi connectivity index (χ1) is 9.18. The lowest BCUT2D eigenvalue weighted by molar-refractivity contribution is -0.908. The lowest BCUT2D eigenvalue weighted by atomic mass is 10.1. The lowest BCUT2D eigenvalue weighted by Crippen LogP contribution is -2.46. The minimum atomic E-state index is 0.322. The van der Waals surface area contributed by atoms with Crippen molar-refractivity contribution < 1.29 is 9.59 Å². The van der Waals surface area contributed by atoms with E-state index in [1.165, 1.54) is 70.8 Å². The summed E-state index contributed by atoms with van der Waals surface area (Å²) in [4.78, 5) is 0. The summed E-state index contributed by atoms with van der Waals surface area (Å²) >= 11 is 0. The fourth-order valence-electron chi connectivity index (χ4n) is 2.65. The second-order valence-corrected chi connectivity index (χ2v) is 6.29. The normalized spacial score (nSPS) is 14.5. The van der Waals surface area contributed by atoms with E-state index in [2.05, 4.69) is 20.9 Å². The van der Waals surface area contributed by atoms with E-state index in [1.807, 2.05) is 0 Å². The van der Waals surface area contributed by atoms with Crippen molar-refractivity contribution in [3.05, 3.63) is 0 Å². The maximum absolute atomic E-state index is 9.08. The molecule has 1 N–H and O–H groups in total. The van der Waals surface area contributed by atoms with Crippen LogP contribution in [0.5, 0.6) is 0 Å². The predicted octanol–water partition coefficient (Wildman–Crippen LogP) is 4.37.